The number of nitrogens with one attached hydrogen (secondary N) is 2. The first-order valence-corrected chi connectivity index (χ1v) is 8.44. The number of ether oxygens (including phenoxy) is 1. The van der Waals surface area contributed by atoms with Crippen molar-refractivity contribution in [3.05, 3.63) is 29.8 Å². The van der Waals surface area contributed by atoms with Crippen molar-refractivity contribution in [1.29, 1.82) is 0 Å². The summed E-state index contributed by atoms with van der Waals surface area (Å²) in [5, 5.41) is 5.78. The predicted molar refractivity (Wildman–Crippen MR) is 90.5 cm³/mol. The number of anilines is 1. The lowest BCUT2D eigenvalue weighted by Gasteiger charge is -2.14. The molecule has 0 aromatic heterocycles. The second-order valence-corrected chi connectivity index (χ2v) is 5.93. The van der Waals surface area contributed by atoms with Gasteiger partial charge in [0.05, 0.1) is 6.10 Å². The van der Waals surface area contributed by atoms with E-state index < -0.39 is 0 Å². The third-order valence-electron chi connectivity index (χ3n) is 4.26. The molecule has 2 rings (SSSR count). The van der Waals surface area contributed by atoms with E-state index >= 15 is 0 Å². The van der Waals surface area contributed by atoms with Gasteiger partial charge in [-0.05, 0) is 43.9 Å². The maximum Gasteiger partial charge on any atom is 0.251 e. The van der Waals surface area contributed by atoms with E-state index in [0.29, 0.717) is 17.8 Å². The maximum absolute atomic E-state index is 12.2. The van der Waals surface area contributed by atoms with Gasteiger partial charge in [0.25, 0.3) is 5.91 Å². The van der Waals surface area contributed by atoms with Gasteiger partial charge in [0.2, 0.25) is 5.91 Å². The van der Waals surface area contributed by atoms with Gasteiger partial charge in [-0.25, -0.2) is 0 Å². The van der Waals surface area contributed by atoms with Crippen LogP contribution < -0.4 is 10.6 Å². The zero-order valence-electron chi connectivity index (χ0n) is 13.9. The Hall–Kier alpha value is -1.88. The highest BCUT2D eigenvalue weighted by atomic mass is 16.5. The lowest BCUT2D eigenvalue weighted by Crippen LogP contribution is -2.31. The largest absolute Gasteiger partial charge is 0.376 e. The van der Waals surface area contributed by atoms with E-state index in [2.05, 4.69) is 10.6 Å². The van der Waals surface area contributed by atoms with Crippen molar-refractivity contribution < 1.29 is 14.3 Å². The van der Waals surface area contributed by atoms with Gasteiger partial charge in [-0.1, -0.05) is 19.9 Å². The Morgan fingerprint density at radius 3 is 2.74 bits per heavy atom. The summed E-state index contributed by atoms with van der Waals surface area (Å²) in [6.45, 7) is 5.31. The smallest absolute Gasteiger partial charge is 0.251 e. The summed E-state index contributed by atoms with van der Waals surface area (Å²) >= 11 is 0. The van der Waals surface area contributed by atoms with Gasteiger partial charge in [-0.15, -0.1) is 0 Å². The second-order valence-electron chi connectivity index (χ2n) is 5.93. The third-order valence-corrected chi connectivity index (χ3v) is 4.26. The molecule has 23 heavy (non-hydrogen) atoms. The molecule has 2 N–H and O–H groups in total. The summed E-state index contributed by atoms with van der Waals surface area (Å²) in [5.74, 6) is -0.127. The van der Waals surface area contributed by atoms with Gasteiger partial charge in [-0.2, -0.15) is 0 Å². The first-order chi connectivity index (χ1) is 11.1. The molecular weight excluding hydrogens is 292 g/mol. The molecule has 1 saturated heterocycles. The van der Waals surface area contributed by atoms with Crippen LogP contribution in [0.15, 0.2) is 24.3 Å². The van der Waals surface area contributed by atoms with Crippen LogP contribution in [0.25, 0.3) is 0 Å². The van der Waals surface area contributed by atoms with Gasteiger partial charge in [-0.3, -0.25) is 9.59 Å². The number of hydrogen-bond donors (Lipinski definition) is 2. The van der Waals surface area contributed by atoms with Crippen molar-refractivity contribution in [2.24, 2.45) is 5.92 Å². The van der Waals surface area contributed by atoms with E-state index in [-0.39, 0.29) is 23.8 Å². The fourth-order valence-corrected chi connectivity index (χ4v) is 2.76. The van der Waals surface area contributed by atoms with Gasteiger partial charge in [0.1, 0.15) is 0 Å². The number of hydrogen-bond acceptors (Lipinski definition) is 3. The molecule has 1 aromatic rings. The summed E-state index contributed by atoms with van der Waals surface area (Å²) in [7, 11) is 0. The van der Waals surface area contributed by atoms with Gasteiger partial charge < -0.3 is 15.4 Å². The topological polar surface area (TPSA) is 67.4 Å². The van der Waals surface area contributed by atoms with Crippen LogP contribution >= 0.6 is 0 Å². The normalized spacial score (nSPS) is 17.3. The van der Waals surface area contributed by atoms with Crippen molar-refractivity contribution in [2.45, 2.75) is 45.6 Å². The molecule has 5 heteroatoms. The molecule has 1 fully saturated rings. The van der Waals surface area contributed by atoms with Crippen molar-refractivity contribution in [2.75, 3.05) is 18.5 Å². The number of rotatable bonds is 7. The Kier molecular flexibility index (Phi) is 6.59. The van der Waals surface area contributed by atoms with Crippen molar-refractivity contribution in [3.63, 3.8) is 0 Å². The van der Waals surface area contributed by atoms with Crippen LogP contribution in [-0.4, -0.2) is 31.1 Å². The van der Waals surface area contributed by atoms with Crippen LogP contribution in [0, 0.1) is 5.92 Å². The highest BCUT2D eigenvalue weighted by molar-refractivity contribution is 5.97. The van der Waals surface area contributed by atoms with E-state index in [9.17, 15) is 9.59 Å². The quantitative estimate of drug-likeness (QED) is 0.812. The third kappa shape index (κ3) is 5.06. The molecule has 1 aliphatic heterocycles. The Morgan fingerprint density at radius 1 is 1.30 bits per heavy atom. The second kappa shape index (κ2) is 8.67. The van der Waals surface area contributed by atoms with Crippen LogP contribution in [0.1, 0.15) is 49.9 Å². The first kappa shape index (κ1) is 17.5. The molecule has 0 bridgehead atoms. The van der Waals surface area contributed by atoms with Gasteiger partial charge >= 0.3 is 0 Å². The monoisotopic (exact) mass is 318 g/mol. The SMILES string of the molecule is CCC(CC)C(=O)Nc1cccc(C(=O)NCC2CCCO2)c1. The molecule has 0 radical (unpaired) electrons. The first-order valence-electron chi connectivity index (χ1n) is 8.44. The van der Waals surface area contributed by atoms with Crippen LogP contribution in [-0.2, 0) is 9.53 Å². The zero-order valence-corrected chi connectivity index (χ0v) is 13.9. The summed E-state index contributed by atoms with van der Waals surface area (Å²) < 4.78 is 5.49. The number of amides is 2. The summed E-state index contributed by atoms with van der Waals surface area (Å²) in [6.07, 6.45) is 3.79. The van der Waals surface area contributed by atoms with E-state index in [1.165, 1.54) is 0 Å². The molecule has 2 amide bonds. The average molecular weight is 318 g/mol. The highest BCUT2D eigenvalue weighted by Crippen LogP contribution is 2.15. The minimum atomic E-state index is -0.140. The van der Waals surface area contributed by atoms with Gasteiger partial charge in [0, 0.05) is 30.3 Å². The van der Waals surface area contributed by atoms with Crippen LogP contribution in [0.2, 0.25) is 0 Å². The molecule has 126 valence electrons. The molecule has 5 nitrogen and oxygen atoms in total. The molecule has 1 unspecified atom stereocenters. The molecule has 1 heterocycles. The average Bonchev–Trinajstić information content (AvgIpc) is 3.07. The van der Waals surface area contributed by atoms with Crippen molar-refractivity contribution in [3.8, 4) is 0 Å². The maximum atomic E-state index is 12.2. The minimum Gasteiger partial charge on any atom is -0.376 e. The Balaban J connectivity index is 1.92. The highest BCUT2D eigenvalue weighted by Gasteiger charge is 2.17. The fourth-order valence-electron chi connectivity index (χ4n) is 2.76. The number of benzene rings is 1. The van der Waals surface area contributed by atoms with Gasteiger partial charge in [0.15, 0.2) is 0 Å². The van der Waals surface area contributed by atoms with Crippen LogP contribution in [0.4, 0.5) is 5.69 Å². The molecule has 0 aliphatic carbocycles. The van der Waals surface area contributed by atoms with Crippen molar-refractivity contribution in [1.82, 2.24) is 5.32 Å². The van der Waals surface area contributed by atoms with E-state index in [1.54, 1.807) is 24.3 Å². The fraction of sp³-hybridized carbons (Fsp3) is 0.556. The molecule has 0 spiro atoms. The molecule has 1 atom stereocenters. The summed E-state index contributed by atoms with van der Waals surface area (Å²) in [5.41, 5.74) is 1.21. The lowest BCUT2D eigenvalue weighted by molar-refractivity contribution is -0.120. The standard InChI is InChI=1S/C18H26N2O3/c1-3-13(4-2)18(22)20-15-8-5-7-14(11-15)17(21)19-12-16-9-6-10-23-16/h5,7-8,11,13,16H,3-4,6,9-10,12H2,1-2H3,(H,19,21)(H,20,22). The Morgan fingerprint density at radius 2 is 2.09 bits per heavy atom. The number of carbonyl (C=O) groups excluding carboxylic acids is 2. The van der Waals surface area contributed by atoms with Crippen LogP contribution in [0.3, 0.4) is 0 Å². The van der Waals surface area contributed by atoms with E-state index in [1.807, 2.05) is 13.8 Å². The Bertz CT molecular complexity index is 535. The van der Waals surface area contributed by atoms with Crippen LogP contribution in [0.5, 0.6) is 0 Å². The summed E-state index contributed by atoms with van der Waals surface area (Å²) in [4.78, 5) is 24.3. The molecule has 0 saturated carbocycles. The lowest BCUT2D eigenvalue weighted by atomic mass is 10.0. The summed E-state index contributed by atoms with van der Waals surface area (Å²) in [6, 6.07) is 7.05. The minimum absolute atomic E-state index is 0.00640. The predicted octanol–water partition coefficient (Wildman–Crippen LogP) is 2.97. The molecule has 1 aliphatic rings. The molecular formula is C18H26N2O3. The zero-order chi connectivity index (χ0) is 16.7. The number of carbonyl (C=O) groups is 2. The van der Waals surface area contributed by atoms with E-state index in [0.717, 1.165) is 32.3 Å². The van der Waals surface area contributed by atoms with E-state index in [4.69, 9.17) is 4.74 Å². The molecule has 1 aromatic carbocycles. The van der Waals surface area contributed by atoms with Crippen molar-refractivity contribution >= 4 is 17.5 Å². The Labute approximate surface area is 137 Å².